The maximum absolute atomic E-state index is 13.6. The Kier molecular flexibility index (Phi) is 10.2. The molecule has 0 aromatic heterocycles. The molecule has 0 aliphatic carbocycles. The van der Waals surface area contributed by atoms with E-state index in [1.54, 1.807) is 4.90 Å². The van der Waals surface area contributed by atoms with E-state index in [0.29, 0.717) is 30.8 Å². The number of rotatable bonds is 12. The molecule has 0 spiro atoms. The molecule has 3 aromatic rings. The molecule has 3 aromatic carbocycles. The van der Waals surface area contributed by atoms with Crippen molar-refractivity contribution in [2.75, 3.05) is 6.54 Å². The van der Waals surface area contributed by atoms with E-state index in [1.165, 1.54) is 0 Å². The first-order chi connectivity index (χ1) is 16.6. The Labute approximate surface area is 207 Å². The van der Waals surface area contributed by atoms with Crippen LogP contribution in [0, 0.1) is 0 Å². The summed E-state index contributed by atoms with van der Waals surface area (Å²) < 4.78 is 0. The van der Waals surface area contributed by atoms with Crippen LogP contribution in [0.15, 0.2) is 84.9 Å². The van der Waals surface area contributed by atoms with Crippen LogP contribution in [0.25, 0.3) is 0 Å². The van der Waals surface area contributed by atoms with Gasteiger partial charge in [0.15, 0.2) is 0 Å². The molecule has 4 nitrogen and oxygen atoms in total. The lowest BCUT2D eigenvalue weighted by atomic mass is 10.0. The highest BCUT2D eigenvalue weighted by molar-refractivity contribution is 6.31. The molecule has 1 N–H and O–H groups in total. The van der Waals surface area contributed by atoms with E-state index in [9.17, 15) is 9.59 Å². The molecule has 0 saturated carbocycles. The number of halogens is 1. The summed E-state index contributed by atoms with van der Waals surface area (Å²) in [4.78, 5) is 28.7. The number of unbranched alkanes of at least 4 members (excludes halogenated alkanes) is 1. The van der Waals surface area contributed by atoms with Crippen LogP contribution in [0.1, 0.15) is 42.9 Å². The van der Waals surface area contributed by atoms with Crippen molar-refractivity contribution in [3.63, 3.8) is 0 Å². The Morgan fingerprint density at radius 1 is 0.882 bits per heavy atom. The second-order valence-electron chi connectivity index (χ2n) is 8.45. The van der Waals surface area contributed by atoms with Crippen molar-refractivity contribution >= 4 is 23.4 Å². The average molecular weight is 477 g/mol. The molecule has 34 heavy (non-hydrogen) atoms. The van der Waals surface area contributed by atoms with Crippen molar-refractivity contribution in [2.24, 2.45) is 0 Å². The summed E-state index contributed by atoms with van der Waals surface area (Å²) in [6, 6.07) is 26.7. The predicted molar refractivity (Wildman–Crippen MR) is 139 cm³/mol. The highest BCUT2D eigenvalue weighted by Crippen LogP contribution is 2.21. The monoisotopic (exact) mass is 476 g/mol. The zero-order valence-electron chi connectivity index (χ0n) is 19.8. The van der Waals surface area contributed by atoms with Gasteiger partial charge in [0.05, 0.1) is 0 Å². The largest absolute Gasteiger partial charge is 0.354 e. The van der Waals surface area contributed by atoms with E-state index in [-0.39, 0.29) is 18.4 Å². The van der Waals surface area contributed by atoms with Gasteiger partial charge in [-0.15, -0.1) is 0 Å². The molecule has 1 atom stereocenters. The van der Waals surface area contributed by atoms with Gasteiger partial charge in [0.1, 0.15) is 6.04 Å². The van der Waals surface area contributed by atoms with Gasteiger partial charge in [-0.2, -0.15) is 0 Å². The summed E-state index contributed by atoms with van der Waals surface area (Å²) >= 11 is 6.45. The zero-order valence-corrected chi connectivity index (χ0v) is 20.5. The summed E-state index contributed by atoms with van der Waals surface area (Å²) in [5, 5.41) is 3.64. The van der Waals surface area contributed by atoms with Crippen LogP contribution in [0.4, 0.5) is 0 Å². The number of aryl methyl sites for hydroxylation is 1. The summed E-state index contributed by atoms with van der Waals surface area (Å²) in [5.74, 6) is -0.187. The van der Waals surface area contributed by atoms with Gasteiger partial charge in [0.2, 0.25) is 11.8 Å². The topological polar surface area (TPSA) is 49.4 Å². The second kappa shape index (κ2) is 13.6. The lowest BCUT2D eigenvalue weighted by Gasteiger charge is -2.32. The number of carbonyl (C=O) groups is 2. The molecule has 0 saturated heterocycles. The Morgan fingerprint density at radius 2 is 1.50 bits per heavy atom. The maximum Gasteiger partial charge on any atom is 0.243 e. The lowest BCUT2D eigenvalue weighted by Crippen LogP contribution is -2.50. The Balaban J connectivity index is 1.89. The summed E-state index contributed by atoms with van der Waals surface area (Å²) in [6.45, 7) is 2.97. The fourth-order valence-corrected chi connectivity index (χ4v) is 4.11. The molecule has 3 rings (SSSR count). The van der Waals surface area contributed by atoms with Crippen LogP contribution in [0.2, 0.25) is 5.02 Å². The minimum absolute atomic E-state index is 0.0599. The molecule has 0 bridgehead atoms. The van der Waals surface area contributed by atoms with Gasteiger partial charge in [-0.05, 0) is 35.6 Å². The van der Waals surface area contributed by atoms with Gasteiger partial charge in [0.25, 0.3) is 0 Å². The van der Waals surface area contributed by atoms with Gasteiger partial charge >= 0.3 is 0 Å². The van der Waals surface area contributed by atoms with Crippen molar-refractivity contribution in [3.05, 3.63) is 107 Å². The van der Waals surface area contributed by atoms with Crippen molar-refractivity contribution < 1.29 is 9.59 Å². The first kappa shape index (κ1) is 25.5. The molecule has 0 radical (unpaired) electrons. The molecule has 178 valence electrons. The number of amides is 2. The number of nitrogens with zero attached hydrogens (tertiary/aromatic N) is 1. The number of hydrogen-bond donors (Lipinski definition) is 1. The van der Waals surface area contributed by atoms with Gasteiger partial charge in [-0.3, -0.25) is 9.59 Å². The van der Waals surface area contributed by atoms with Crippen molar-refractivity contribution in [3.8, 4) is 0 Å². The highest BCUT2D eigenvalue weighted by atomic mass is 35.5. The smallest absolute Gasteiger partial charge is 0.243 e. The van der Waals surface area contributed by atoms with Crippen molar-refractivity contribution in [1.82, 2.24) is 10.2 Å². The Hall–Kier alpha value is -3.11. The normalized spacial score (nSPS) is 11.6. The minimum Gasteiger partial charge on any atom is -0.354 e. The van der Waals surface area contributed by atoms with E-state index in [2.05, 4.69) is 12.2 Å². The van der Waals surface area contributed by atoms with Crippen LogP contribution < -0.4 is 5.32 Å². The SMILES string of the molecule is CCCCNC(=O)[C@H](Cc1ccccc1)N(Cc1ccccc1Cl)C(=O)CCc1ccccc1. The average Bonchev–Trinajstić information content (AvgIpc) is 2.87. The van der Waals surface area contributed by atoms with Crippen molar-refractivity contribution in [2.45, 2.75) is 51.6 Å². The van der Waals surface area contributed by atoms with Crippen LogP contribution in [-0.4, -0.2) is 29.3 Å². The molecular weight excluding hydrogens is 444 g/mol. The number of nitrogens with one attached hydrogen (secondary N) is 1. The molecule has 2 amide bonds. The third kappa shape index (κ3) is 7.74. The number of carbonyl (C=O) groups excluding carboxylic acids is 2. The molecule has 0 unspecified atom stereocenters. The maximum atomic E-state index is 13.6. The fourth-order valence-electron chi connectivity index (χ4n) is 3.91. The third-order valence-electron chi connectivity index (χ3n) is 5.87. The van der Waals surface area contributed by atoms with Gasteiger partial charge in [-0.25, -0.2) is 0 Å². The molecule has 5 heteroatoms. The molecule has 0 aliphatic heterocycles. The van der Waals surface area contributed by atoms with Crippen LogP contribution in [0.3, 0.4) is 0 Å². The second-order valence-corrected chi connectivity index (χ2v) is 8.86. The quantitative estimate of drug-likeness (QED) is 0.334. The van der Waals surface area contributed by atoms with E-state index < -0.39 is 6.04 Å². The fraction of sp³-hybridized carbons (Fsp3) is 0.310. The van der Waals surface area contributed by atoms with Crippen molar-refractivity contribution in [1.29, 1.82) is 0 Å². The van der Waals surface area contributed by atoms with Gasteiger partial charge in [-0.1, -0.05) is 104 Å². The Bertz CT molecular complexity index is 1040. The van der Waals surface area contributed by atoms with E-state index in [0.717, 1.165) is 29.5 Å². The minimum atomic E-state index is -0.626. The molecule has 0 heterocycles. The first-order valence-corrected chi connectivity index (χ1v) is 12.3. The molecule has 0 aliphatic rings. The first-order valence-electron chi connectivity index (χ1n) is 12.0. The standard InChI is InChI=1S/C29H33ClN2O2/c1-2-3-20-31-29(34)27(21-24-14-8-5-9-15-24)32(22-25-16-10-11-17-26(25)30)28(33)19-18-23-12-6-4-7-13-23/h4-17,27H,2-3,18-22H2,1H3,(H,31,34)/t27-/m0/s1. The van der Waals surface area contributed by atoms with E-state index in [4.69, 9.17) is 11.6 Å². The summed E-state index contributed by atoms with van der Waals surface area (Å²) in [7, 11) is 0. The van der Waals surface area contributed by atoms with Gasteiger partial charge in [0, 0.05) is 31.0 Å². The highest BCUT2D eigenvalue weighted by Gasteiger charge is 2.30. The number of benzene rings is 3. The Morgan fingerprint density at radius 3 is 2.15 bits per heavy atom. The third-order valence-corrected chi connectivity index (χ3v) is 6.24. The molecular formula is C29H33ClN2O2. The van der Waals surface area contributed by atoms with Crippen LogP contribution >= 0.6 is 11.6 Å². The summed E-state index contributed by atoms with van der Waals surface area (Å²) in [5.41, 5.74) is 2.94. The van der Waals surface area contributed by atoms with Crippen LogP contribution in [-0.2, 0) is 29.0 Å². The lowest BCUT2D eigenvalue weighted by molar-refractivity contribution is -0.141. The molecule has 0 fully saturated rings. The van der Waals surface area contributed by atoms with E-state index >= 15 is 0 Å². The van der Waals surface area contributed by atoms with E-state index in [1.807, 2.05) is 84.9 Å². The zero-order chi connectivity index (χ0) is 24.2. The van der Waals surface area contributed by atoms with Crippen LogP contribution in [0.5, 0.6) is 0 Å². The number of hydrogen-bond acceptors (Lipinski definition) is 2. The summed E-state index contributed by atoms with van der Waals surface area (Å²) in [6.07, 6.45) is 3.27. The predicted octanol–water partition coefficient (Wildman–Crippen LogP) is 5.83. The van der Waals surface area contributed by atoms with Gasteiger partial charge < -0.3 is 10.2 Å².